The maximum atomic E-state index is 13.1. The minimum Gasteiger partial charge on any atom is -0.347 e. The topological polar surface area (TPSA) is 86.9 Å². The van der Waals surface area contributed by atoms with Gasteiger partial charge in [-0.05, 0) is 42.0 Å². The second kappa shape index (κ2) is 10.3. The average molecular weight is 452 g/mol. The molecular formula is C27H21FN4O2. The predicted molar refractivity (Wildman–Crippen MR) is 129 cm³/mol. The molecule has 1 aromatic heterocycles. The Kier molecular flexibility index (Phi) is 6.80. The van der Waals surface area contributed by atoms with E-state index in [-0.39, 0.29) is 23.8 Å². The lowest BCUT2D eigenvalue weighted by molar-refractivity contribution is -0.117. The van der Waals surface area contributed by atoms with E-state index in [4.69, 9.17) is 0 Å². The fourth-order valence-electron chi connectivity index (χ4n) is 3.59. The summed E-state index contributed by atoms with van der Waals surface area (Å²) in [6.45, 7) is 0.317. The van der Waals surface area contributed by atoms with Gasteiger partial charge in [-0.1, -0.05) is 48.5 Å². The largest absolute Gasteiger partial charge is 0.347 e. The number of anilines is 1. The number of amides is 2. The van der Waals surface area contributed by atoms with Crippen molar-refractivity contribution >= 4 is 34.5 Å². The van der Waals surface area contributed by atoms with E-state index in [1.54, 1.807) is 10.8 Å². The van der Waals surface area contributed by atoms with Crippen LogP contribution in [-0.2, 0) is 22.7 Å². The zero-order chi connectivity index (χ0) is 23.9. The Morgan fingerprint density at radius 3 is 2.41 bits per heavy atom. The minimum atomic E-state index is -0.475. The van der Waals surface area contributed by atoms with Gasteiger partial charge in [-0.2, -0.15) is 5.26 Å². The SMILES string of the molecule is N#CC(=Cc1cn(CC(=O)Nc2ccc(F)cc2)c2ccccc12)C(=O)NCc1ccccc1. The number of nitrogens with zero attached hydrogens (tertiary/aromatic N) is 2. The Morgan fingerprint density at radius 2 is 1.68 bits per heavy atom. The lowest BCUT2D eigenvalue weighted by atomic mass is 10.1. The molecule has 4 rings (SSSR count). The normalized spacial score (nSPS) is 11.1. The zero-order valence-electron chi connectivity index (χ0n) is 18.2. The number of hydrogen-bond donors (Lipinski definition) is 2. The van der Waals surface area contributed by atoms with Gasteiger partial charge in [-0.15, -0.1) is 0 Å². The summed E-state index contributed by atoms with van der Waals surface area (Å²) in [4.78, 5) is 25.2. The first-order chi connectivity index (χ1) is 16.5. The van der Waals surface area contributed by atoms with Crippen LogP contribution in [0.5, 0.6) is 0 Å². The van der Waals surface area contributed by atoms with E-state index < -0.39 is 5.91 Å². The first-order valence-corrected chi connectivity index (χ1v) is 10.6. The third-order valence-corrected chi connectivity index (χ3v) is 5.22. The van der Waals surface area contributed by atoms with Gasteiger partial charge in [0.15, 0.2) is 0 Å². The van der Waals surface area contributed by atoms with Crippen LogP contribution in [0.25, 0.3) is 17.0 Å². The summed E-state index contributed by atoms with van der Waals surface area (Å²) in [5, 5.41) is 15.9. The van der Waals surface area contributed by atoms with Gasteiger partial charge in [-0.25, -0.2) is 4.39 Å². The van der Waals surface area contributed by atoms with E-state index in [0.29, 0.717) is 17.8 Å². The van der Waals surface area contributed by atoms with Gasteiger partial charge >= 0.3 is 0 Å². The molecule has 7 heteroatoms. The molecule has 3 aromatic carbocycles. The number of rotatable bonds is 7. The van der Waals surface area contributed by atoms with Crippen LogP contribution in [0.1, 0.15) is 11.1 Å². The summed E-state index contributed by atoms with van der Waals surface area (Å²) in [7, 11) is 0. The number of nitriles is 1. The number of halogens is 1. The highest BCUT2D eigenvalue weighted by Crippen LogP contribution is 2.24. The molecule has 0 bridgehead atoms. The van der Waals surface area contributed by atoms with Crippen LogP contribution in [0, 0.1) is 17.1 Å². The van der Waals surface area contributed by atoms with Gasteiger partial charge in [0, 0.05) is 34.9 Å². The Bertz CT molecular complexity index is 1400. The van der Waals surface area contributed by atoms with Gasteiger partial charge in [0.2, 0.25) is 5.91 Å². The molecule has 2 N–H and O–H groups in total. The summed E-state index contributed by atoms with van der Waals surface area (Å²) in [5.74, 6) is -1.15. The number of benzene rings is 3. The van der Waals surface area contributed by atoms with E-state index >= 15 is 0 Å². The molecule has 0 fully saturated rings. The summed E-state index contributed by atoms with van der Waals surface area (Å²) in [5.41, 5.74) is 2.82. The number of para-hydroxylation sites is 1. The number of carbonyl (C=O) groups is 2. The molecular weight excluding hydrogens is 431 g/mol. The highest BCUT2D eigenvalue weighted by atomic mass is 19.1. The van der Waals surface area contributed by atoms with Crippen molar-refractivity contribution in [2.45, 2.75) is 13.1 Å². The van der Waals surface area contributed by atoms with Crippen molar-refractivity contribution in [1.82, 2.24) is 9.88 Å². The van der Waals surface area contributed by atoms with Crippen molar-refractivity contribution < 1.29 is 14.0 Å². The van der Waals surface area contributed by atoms with Gasteiger partial charge in [0.05, 0.1) is 0 Å². The Labute approximate surface area is 195 Å². The third-order valence-electron chi connectivity index (χ3n) is 5.22. The molecule has 0 saturated carbocycles. The molecule has 168 valence electrons. The second-order valence-electron chi connectivity index (χ2n) is 7.62. The van der Waals surface area contributed by atoms with Crippen LogP contribution in [0.3, 0.4) is 0 Å². The monoisotopic (exact) mass is 452 g/mol. The number of fused-ring (bicyclic) bond motifs is 1. The molecule has 0 saturated heterocycles. The lowest BCUT2D eigenvalue weighted by Crippen LogP contribution is -2.23. The zero-order valence-corrected chi connectivity index (χ0v) is 18.2. The molecule has 0 unspecified atom stereocenters. The van der Waals surface area contributed by atoms with Crippen molar-refractivity contribution in [3.63, 3.8) is 0 Å². The third kappa shape index (κ3) is 5.37. The fourth-order valence-corrected chi connectivity index (χ4v) is 3.59. The lowest BCUT2D eigenvalue weighted by Gasteiger charge is -2.07. The maximum Gasteiger partial charge on any atom is 0.262 e. The van der Waals surface area contributed by atoms with Gasteiger partial charge in [0.1, 0.15) is 24.0 Å². The number of carbonyl (C=O) groups excluding carboxylic acids is 2. The van der Waals surface area contributed by atoms with Crippen LogP contribution in [0.2, 0.25) is 0 Å². The van der Waals surface area contributed by atoms with Crippen LogP contribution in [0.4, 0.5) is 10.1 Å². The first-order valence-electron chi connectivity index (χ1n) is 10.6. The molecule has 0 aliphatic carbocycles. The second-order valence-corrected chi connectivity index (χ2v) is 7.62. The summed E-state index contributed by atoms with van der Waals surface area (Å²) < 4.78 is 14.8. The Morgan fingerprint density at radius 1 is 0.971 bits per heavy atom. The number of nitrogens with one attached hydrogen (secondary N) is 2. The molecule has 0 aliphatic heterocycles. The summed E-state index contributed by atoms with van der Waals surface area (Å²) >= 11 is 0. The molecule has 0 radical (unpaired) electrons. The molecule has 0 spiro atoms. The summed E-state index contributed by atoms with van der Waals surface area (Å²) in [6.07, 6.45) is 3.26. The highest BCUT2D eigenvalue weighted by molar-refractivity contribution is 6.04. The van der Waals surface area contributed by atoms with Crippen LogP contribution >= 0.6 is 0 Å². The predicted octanol–water partition coefficient (Wildman–Crippen LogP) is 4.64. The fraction of sp³-hybridized carbons (Fsp3) is 0.0741. The molecule has 34 heavy (non-hydrogen) atoms. The number of aromatic nitrogens is 1. The Hall–Kier alpha value is -4.70. The van der Waals surface area contributed by atoms with Crippen molar-refractivity contribution in [3.05, 3.63) is 108 Å². The van der Waals surface area contributed by atoms with Gasteiger partial charge in [0.25, 0.3) is 5.91 Å². The van der Waals surface area contributed by atoms with E-state index in [1.165, 1.54) is 30.3 Å². The van der Waals surface area contributed by atoms with E-state index in [1.807, 2.05) is 60.7 Å². The van der Waals surface area contributed by atoms with Crippen LogP contribution in [-0.4, -0.2) is 16.4 Å². The van der Waals surface area contributed by atoms with Crippen molar-refractivity contribution in [3.8, 4) is 6.07 Å². The molecule has 4 aromatic rings. The first kappa shape index (κ1) is 22.5. The summed E-state index contributed by atoms with van der Waals surface area (Å²) in [6, 6.07) is 24.3. The van der Waals surface area contributed by atoms with Crippen molar-refractivity contribution in [1.29, 1.82) is 5.26 Å². The van der Waals surface area contributed by atoms with E-state index in [2.05, 4.69) is 10.6 Å². The molecule has 1 heterocycles. The quantitative estimate of drug-likeness (QED) is 0.316. The van der Waals surface area contributed by atoms with E-state index in [0.717, 1.165) is 16.5 Å². The highest BCUT2D eigenvalue weighted by Gasteiger charge is 2.14. The molecule has 2 amide bonds. The van der Waals surface area contributed by atoms with Gasteiger partial charge < -0.3 is 15.2 Å². The smallest absolute Gasteiger partial charge is 0.262 e. The molecule has 6 nitrogen and oxygen atoms in total. The maximum absolute atomic E-state index is 13.1. The average Bonchev–Trinajstić information content (AvgIpc) is 3.20. The van der Waals surface area contributed by atoms with Crippen molar-refractivity contribution in [2.75, 3.05) is 5.32 Å². The van der Waals surface area contributed by atoms with Gasteiger partial charge in [-0.3, -0.25) is 9.59 Å². The van der Waals surface area contributed by atoms with E-state index in [9.17, 15) is 19.2 Å². The molecule has 0 atom stereocenters. The molecule has 0 aliphatic rings. The van der Waals surface area contributed by atoms with Crippen molar-refractivity contribution in [2.24, 2.45) is 0 Å². The van der Waals surface area contributed by atoms with Crippen LogP contribution < -0.4 is 10.6 Å². The Balaban J connectivity index is 1.54. The minimum absolute atomic E-state index is 0.00776. The standard InChI is InChI=1S/C27H21FN4O2/c28-22-10-12-23(13-11-22)31-26(33)18-32-17-21(24-8-4-5-9-25(24)32)14-20(15-29)27(34)30-16-19-6-2-1-3-7-19/h1-14,17H,16,18H2,(H,30,34)(H,31,33). The number of hydrogen-bond acceptors (Lipinski definition) is 3. The van der Waals surface area contributed by atoms with Crippen LogP contribution in [0.15, 0.2) is 90.6 Å².